The Balaban J connectivity index is 1.07. The molecule has 11 aromatic rings. The van der Waals surface area contributed by atoms with Gasteiger partial charge in [-0.05, 0) is 116 Å². The highest BCUT2D eigenvalue weighted by Gasteiger charge is 2.21. The summed E-state index contributed by atoms with van der Waals surface area (Å²) in [5.74, 6) is 0.613. The fourth-order valence-electron chi connectivity index (χ4n) is 8.59. The van der Waals surface area contributed by atoms with Crippen molar-refractivity contribution in [1.82, 2.24) is 4.98 Å². The SMILES string of the molecule is c1ccc(-c2ccc(-c3nc4c(ccc5c(-c6cc(N(c7ccccc7)c7ccc(-c8ccccc8)c(-c8ccccc8)c7)c7ccccc7c6)cccc54)o3)cc2)cc1. The highest BCUT2D eigenvalue weighted by atomic mass is 16.3. The molecule has 0 amide bonds. The van der Waals surface area contributed by atoms with Gasteiger partial charge in [-0.2, -0.15) is 0 Å². The number of nitrogens with zero attached hydrogens (tertiary/aromatic N) is 2. The van der Waals surface area contributed by atoms with E-state index in [4.69, 9.17) is 9.40 Å². The molecular weight excluding hydrogens is 729 g/mol. The second-order valence-corrected chi connectivity index (χ2v) is 15.1. The van der Waals surface area contributed by atoms with Gasteiger partial charge in [0.25, 0.3) is 0 Å². The minimum atomic E-state index is 0.613. The van der Waals surface area contributed by atoms with Crippen LogP contribution < -0.4 is 4.90 Å². The summed E-state index contributed by atoms with van der Waals surface area (Å²) in [6, 6.07) is 81.9. The van der Waals surface area contributed by atoms with Crippen molar-refractivity contribution in [1.29, 1.82) is 0 Å². The zero-order valence-electron chi connectivity index (χ0n) is 32.7. The summed E-state index contributed by atoms with van der Waals surface area (Å²) >= 11 is 0. The third kappa shape index (κ3) is 6.39. The highest BCUT2D eigenvalue weighted by molar-refractivity contribution is 6.11. The van der Waals surface area contributed by atoms with E-state index in [1.165, 1.54) is 33.2 Å². The Morgan fingerprint density at radius 2 is 0.933 bits per heavy atom. The molecule has 10 aromatic carbocycles. The Bertz CT molecular complexity index is 3290. The standard InChI is InChI=1S/C57H38N2O/c1-5-16-39(17-6-1)40-28-30-43(31-29-40)57-58-56-52-27-15-26-48(51(52)34-35-55(56)60-57)45-36-44-22-13-14-25-50(44)54(37-45)59(46-23-11-4-12-24-46)47-32-33-49(41-18-7-2-8-19-41)53(38-47)42-20-9-3-10-21-42/h1-38H. The van der Waals surface area contributed by atoms with Crippen LogP contribution in [0.3, 0.4) is 0 Å². The predicted molar refractivity (Wildman–Crippen MR) is 251 cm³/mol. The van der Waals surface area contributed by atoms with E-state index in [1.54, 1.807) is 0 Å². The fraction of sp³-hybridized carbons (Fsp3) is 0. The number of para-hydroxylation sites is 1. The van der Waals surface area contributed by atoms with Crippen LogP contribution in [-0.2, 0) is 0 Å². The van der Waals surface area contributed by atoms with E-state index >= 15 is 0 Å². The molecular formula is C57H38N2O. The van der Waals surface area contributed by atoms with E-state index in [0.29, 0.717) is 5.89 Å². The number of oxazole rings is 1. The lowest BCUT2D eigenvalue weighted by Gasteiger charge is -2.29. The topological polar surface area (TPSA) is 29.3 Å². The van der Waals surface area contributed by atoms with Gasteiger partial charge in [0.05, 0.1) is 5.69 Å². The average molecular weight is 767 g/mol. The van der Waals surface area contributed by atoms with Gasteiger partial charge in [-0.3, -0.25) is 0 Å². The van der Waals surface area contributed by atoms with Gasteiger partial charge in [0.2, 0.25) is 5.89 Å². The van der Waals surface area contributed by atoms with Crippen LogP contribution in [0.2, 0.25) is 0 Å². The Labute approximate surface area is 349 Å². The van der Waals surface area contributed by atoms with Crippen molar-refractivity contribution in [3.8, 4) is 56.0 Å². The van der Waals surface area contributed by atoms with Gasteiger partial charge in [0.15, 0.2) is 5.58 Å². The number of aromatic nitrogens is 1. The lowest BCUT2D eigenvalue weighted by molar-refractivity contribution is 0.620. The normalized spacial score (nSPS) is 11.3. The Kier molecular flexibility index (Phi) is 8.83. The van der Waals surface area contributed by atoms with Crippen molar-refractivity contribution >= 4 is 49.7 Å². The van der Waals surface area contributed by atoms with E-state index in [9.17, 15) is 0 Å². The minimum Gasteiger partial charge on any atom is -0.436 e. The van der Waals surface area contributed by atoms with Crippen LogP contribution in [0.5, 0.6) is 0 Å². The van der Waals surface area contributed by atoms with Crippen LogP contribution in [0.25, 0.3) is 88.6 Å². The molecule has 1 heterocycles. The van der Waals surface area contributed by atoms with Crippen LogP contribution in [0, 0.1) is 0 Å². The summed E-state index contributed by atoms with van der Waals surface area (Å²) in [4.78, 5) is 7.52. The molecule has 0 spiro atoms. The maximum atomic E-state index is 6.42. The van der Waals surface area contributed by atoms with Gasteiger partial charge in [-0.1, -0.05) is 170 Å². The quantitative estimate of drug-likeness (QED) is 0.154. The van der Waals surface area contributed by atoms with E-state index in [-0.39, 0.29) is 0 Å². The van der Waals surface area contributed by atoms with Crippen LogP contribution >= 0.6 is 0 Å². The second kappa shape index (κ2) is 15.1. The third-order valence-electron chi connectivity index (χ3n) is 11.5. The van der Waals surface area contributed by atoms with Gasteiger partial charge < -0.3 is 9.32 Å². The second-order valence-electron chi connectivity index (χ2n) is 15.1. The van der Waals surface area contributed by atoms with Crippen molar-refractivity contribution in [3.05, 3.63) is 231 Å². The lowest BCUT2D eigenvalue weighted by atomic mass is 9.92. The Hall–Kier alpha value is -8.01. The molecule has 0 aliphatic carbocycles. The van der Waals surface area contributed by atoms with E-state index in [2.05, 4.69) is 229 Å². The first-order valence-electron chi connectivity index (χ1n) is 20.4. The maximum absolute atomic E-state index is 6.42. The zero-order chi connectivity index (χ0) is 39.8. The van der Waals surface area contributed by atoms with Crippen molar-refractivity contribution in [2.45, 2.75) is 0 Å². The van der Waals surface area contributed by atoms with Crippen LogP contribution in [0.1, 0.15) is 0 Å². The zero-order valence-corrected chi connectivity index (χ0v) is 32.7. The summed E-state index contributed by atoms with van der Waals surface area (Å²) in [6.07, 6.45) is 0. The molecule has 0 radical (unpaired) electrons. The molecule has 0 N–H and O–H groups in total. The molecule has 0 saturated heterocycles. The summed E-state index contributed by atoms with van der Waals surface area (Å²) in [5.41, 5.74) is 15.2. The smallest absolute Gasteiger partial charge is 0.227 e. The van der Waals surface area contributed by atoms with Gasteiger partial charge in [-0.15, -0.1) is 0 Å². The van der Waals surface area contributed by atoms with Crippen molar-refractivity contribution in [3.63, 3.8) is 0 Å². The summed E-state index contributed by atoms with van der Waals surface area (Å²) in [5, 5.41) is 4.51. The first kappa shape index (κ1) is 35.2. The summed E-state index contributed by atoms with van der Waals surface area (Å²) in [6.45, 7) is 0. The van der Waals surface area contributed by atoms with Crippen LogP contribution in [0.15, 0.2) is 235 Å². The number of hydrogen-bond acceptors (Lipinski definition) is 3. The Morgan fingerprint density at radius 1 is 0.333 bits per heavy atom. The van der Waals surface area contributed by atoms with Crippen LogP contribution in [0.4, 0.5) is 17.1 Å². The number of rotatable bonds is 8. The Morgan fingerprint density at radius 3 is 1.67 bits per heavy atom. The monoisotopic (exact) mass is 766 g/mol. The summed E-state index contributed by atoms with van der Waals surface area (Å²) in [7, 11) is 0. The maximum Gasteiger partial charge on any atom is 0.227 e. The van der Waals surface area contributed by atoms with Crippen molar-refractivity contribution in [2.75, 3.05) is 4.90 Å². The molecule has 11 rings (SSSR count). The molecule has 60 heavy (non-hydrogen) atoms. The molecule has 0 fully saturated rings. The molecule has 0 unspecified atom stereocenters. The molecule has 3 heteroatoms. The van der Waals surface area contributed by atoms with E-state index < -0.39 is 0 Å². The van der Waals surface area contributed by atoms with Gasteiger partial charge in [-0.25, -0.2) is 4.98 Å². The largest absolute Gasteiger partial charge is 0.436 e. The highest BCUT2D eigenvalue weighted by Crippen LogP contribution is 2.45. The number of fused-ring (bicyclic) bond motifs is 4. The molecule has 282 valence electrons. The molecule has 0 aliphatic rings. The number of benzene rings is 10. The summed E-state index contributed by atoms with van der Waals surface area (Å²) < 4.78 is 6.42. The molecule has 0 saturated carbocycles. The van der Waals surface area contributed by atoms with E-state index in [0.717, 1.165) is 66.6 Å². The van der Waals surface area contributed by atoms with E-state index in [1.807, 2.05) is 6.07 Å². The molecule has 1 aromatic heterocycles. The molecule has 0 aliphatic heterocycles. The van der Waals surface area contributed by atoms with Gasteiger partial charge >= 0.3 is 0 Å². The van der Waals surface area contributed by atoms with Gasteiger partial charge in [0.1, 0.15) is 5.52 Å². The molecule has 0 atom stereocenters. The molecule has 0 bridgehead atoms. The van der Waals surface area contributed by atoms with Crippen LogP contribution in [-0.4, -0.2) is 4.98 Å². The third-order valence-corrected chi connectivity index (χ3v) is 11.5. The predicted octanol–water partition coefficient (Wildman–Crippen LogP) is 15.9. The van der Waals surface area contributed by atoms with Crippen molar-refractivity contribution < 1.29 is 4.42 Å². The first-order chi connectivity index (χ1) is 29.7. The fourth-order valence-corrected chi connectivity index (χ4v) is 8.59. The first-order valence-corrected chi connectivity index (χ1v) is 20.4. The number of hydrogen-bond donors (Lipinski definition) is 0. The lowest BCUT2D eigenvalue weighted by Crippen LogP contribution is -2.11. The minimum absolute atomic E-state index is 0.613. The number of anilines is 3. The van der Waals surface area contributed by atoms with Crippen molar-refractivity contribution in [2.24, 2.45) is 0 Å². The average Bonchev–Trinajstić information content (AvgIpc) is 3.78. The van der Waals surface area contributed by atoms with Gasteiger partial charge in [0, 0.05) is 27.7 Å². The molecule has 3 nitrogen and oxygen atoms in total.